The van der Waals surface area contributed by atoms with Crippen molar-refractivity contribution in [2.75, 3.05) is 26.9 Å². The third-order valence-electron chi connectivity index (χ3n) is 3.53. The minimum absolute atomic E-state index is 0.0762. The summed E-state index contributed by atoms with van der Waals surface area (Å²) in [5.74, 6) is 0.597. The van der Waals surface area contributed by atoms with Crippen molar-refractivity contribution >= 4 is 28.3 Å². The van der Waals surface area contributed by atoms with E-state index in [0.29, 0.717) is 23.1 Å². The molecule has 0 saturated heterocycles. The quantitative estimate of drug-likeness (QED) is 0.269. The lowest BCUT2D eigenvalue weighted by atomic mass is 10.1. The Kier molecular flexibility index (Phi) is 7.51. The van der Waals surface area contributed by atoms with E-state index in [1.807, 2.05) is 24.3 Å². The monoisotopic (exact) mass is 376 g/mol. The first-order valence-electron chi connectivity index (χ1n) is 8.00. The topological polar surface area (TPSA) is 54.0 Å². The number of hydrogen-bond donors (Lipinski definition) is 0. The molecule has 0 amide bonds. The van der Waals surface area contributed by atoms with E-state index in [2.05, 4.69) is 13.2 Å². The van der Waals surface area contributed by atoms with Gasteiger partial charge in [-0.2, -0.15) is 0 Å². The van der Waals surface area contributed by atoms with Crippen molar-refractivity contribution in [3.05, 3.63) is 60.7 Å². The van der Waals surface area contributed by atoms with Crippen LogP contribution in [0.25, 0.3) is 10.8 Å². The first-order valence-corrected chi connectivity index (χ1v) is 8.38. The lowest BCUT2D eigenvalue weighted by Gasteiger charge is -2.19. The van der Waals surface area contributed by atoms with Crippen LogP contribution in [0.2, 0.25) is 5.02 Å². The summed E-state index contributed by atoms with van der Waals surface area (Å²) in [5.41, 5.74) is 0. The first kappa shape index (κ1) is 19.8. The lowest BCUT2D eigenvalue weighted by Crippen LogP contribution is -2.29. The molecule has 0 aliphatic heterocycles. The third kappa shape index (κ3) is 5.00. The second-order valence-corrected chi connectivity index (χ2v) is 5.74. The highest BCUT2D eigenvalue weighted by molar-refractivity contribution is 6.33. The van der Waals surface area contributed by atoms with Gasteiger partial charge < -0.3 is 18.9 Å². The molecule has 2 aromatic rings. The van der Waals surface area contributed by atoms with Crippen LogP contribution in [0.15, 0.2) is 55.6 Å². The van der Waals surface area contributed by atoms with E-state index in [9.17, 15) is 4.79 Å². The Morgan fingerprint density at radius 1 is 1.23 bits per heavy atom. The van der Waals surface area contributed by atoms with Crippen LogP contribution in [-0.2, 0) is 14.3 Å². The van der Waals surface area contributed by atoms with Crippen LogP contribution in [-0.4, -0.2) is 39.0 Å². The number of halogens is 1. The number of carbonyl (C=O) groups is 1. The number of methoxy groups -OCH3 is 1. The summed E-state index contributed by atoms with van der Waals surface area (Å²) in [7, 11) is 1.58. The second kappa shape index (κ2) is 9.85. The van der Waals surface area contributed by atoms with E-state index in [0.717, 1.165) is 16.8 Å². The molecule has 1 atom stereocenters. The Morgan fingerprint density at radius 2 is 1.96 bits per heavy atom. The summed E-state index contributed by atoms with van der Waals surface area (Å²) < 4.78 is 21.9. The van der Waals surface area contributed by atoms with Crippen LogP contribution in [0.1, 0.15) is 0 Å². The average Bonchev–Trinajstić information content (AvgIpc) is 2.66. The molecule has 26 heavy (non-hydrogen) atoms. The van der Waals surface area contributed by atoms with Crippen molar-refractivity contribution in [2.24, 2.45) is 0 Å². The fourth-order valence-electron chi connectivity index (χ4n) is 2.39. The van der Waals surface area contributed by atoms with Crippen LogP contribution >= 0.6 is 11.6 Å². The van der Waals surface area contributed by atoms with Crippen LogP contribution in [0.4, 0.5) is 0 Å². The van der Waals surface area contributed by atoms with Gasteiger partial charge in [-0.05, 0) is 0 Å². The summed E-state index contributed by atoms with van der Waals surface area (Å²) in [6.45, 7) is 7.56. The maximum absolute atomic E-state index is 11.5. The molecule has 2 rings (SSSR count). The molecule has 2 aromatic carbocycles. The molecule has 0 heterocycles. The minimum Gasteiger partial charge on any atom is -0.496 e. The van der Waals surface area contributed by atoms with Gasteiger partial charge in [-0.25, -0.2) is 4.79 Å². The van der Waals surface area contributed by atoms with Crippen LogP contribution in [0.5, 0.6) is 11.5 Å². The van der Waals surface area contributed by atoms with Gasteiger partial charge in [0.15, 0.2) is 6.10 Å². The third-order valence-corrected chi connectivity index (χ3v) is 3.82. The molecular weight excluding hydrogens is 356 g/mol. The molecule has 5 nitrogen and oxygen atoms in total. The van der Waals surface area contributed by atoms with E-state index in [4.69, 9.17) is 30.5 Å². The summed E-state index contributed by atoms with van der Waals surface area (Å²) >= 11 is 6.36. The van der Waals surface area contributed by atoms with Crippen LogP contribution < -0.4 is 9.47 Å². The molecule has 6 heteroatoms. The zero-order valence-electron chi connectivity index (χ0n) is 14.6. The first-order chi connectivity index (χ1) is 12.6. The van der Waals surface area contributed by atoms with Gasteiger partial charge in [0, 0.05) is 22.9 Å². The second-order valence-electron chi connectivity index (χ2n) is 5.34. The zero-order chi connectivity index (χ0) is 18.9. The van der Waals surface area contributed by atoms with Crippen molar-refractivity contribution < 1.29 is 23.7 Å². The van der Waals surface area contributed by atoms with Gasteiger partial charge >= 0.3 is 5.97 Å². The number of esters is 1. The summed E-state index contributed by atoms with van der Waals surface area (Å²) in [4.78, 5) is 11.5. The maximum atomic E-state index is 11.5. The molecule has 0 N–H and O–H groups in total. The van der Waals surface area contributed by atoms with Crippen molar-refractivity contribution in [3.63, 3.8) is 0 Å². The molecule has 0 aliphatic rings. The minimum atomic E-state index is -0.614. The predicted octanol–water partition coefficient (Wildman–Crippen LogP) is 4.18. The van der Waals surface area contributed by atoms with Crippen molar-refractivity contribution in [1.82, 2.24) is 0 Å². The molecular formula is C20H21ClO5. The number of rotatable bonds is 10. The van der Waals surface area contributed by atoms with E-state index >= 15 is 0 Å². The number of fused-ring (bicyclic) bond motifs is 1. The van der Waals surface area contributed by atoms with Gasteiger partial charge in [0.2, 0.25) is 0 Å². The molecule has 0 saturated carbocycles. The SMILES string of the molecule is C=CCOCC(COc1c(Cl)cc(OC)c2ccccc12)OC(=O)C=C. The molecule has 0 spiro atoms. The molecule has 0 fully saturated rings. The predicted molar refractivity (Wildman–Crippen MR) is 102 cm³/mol. The average molecular weight is 377 g/mol. The highest BCUT2D eigenvalue weighted by atomic mass is 35.5. The number of benzene rings is 2. The summed E-state index contributed by atoms with van der Waals surface area (Å²) in [6, 6.07) is 9.28. The molecule has 0 aliphatic carbocycles. The number of carbonyl (C=O) groups excluding carboxylic acids is 1. The van der Waals surface area contributed by atoms with Crippen LogP contribution in [0, 0.1) is 0 Å². The normalized spacial score (nSPS) is 11.6. The molecule has 0 aromatic heterocycles. The smallest absolute Gasteiger partial charge is 0.330 e. The fourth-order valence-corrected chi connectivity index (χ4v) is 2.64. The van der Waals surface area contributed by atoms with E-state index < -0.39 is 12.1 Å². The van der Waals surface area contributed by atoms with Gasteiger partial charge in [0.25, 0.3) is 0 Å². The molecule has 0 radical (unpaired) electrons. The van der Waals surface area contributed by atoms with Crippen LogP contribution in [0.3, 0.4) is 0 Å². The van der Waals surface area contributed by atoms with Gasteiger partial charge in [-0.15, -0.1) is 6.58 Å². The van der Waals surface area contributed by atoms with E-state index in [-0.39, 0.29) is 13.2 Å². The number of ether oxygens (including phenoxy) is 4. The van der Waals surface area contributed by atoms with Crippen molar-refractivity contribution in [2.45, 2.75) is 6.10 Å². The Bertz CT molecular complexity index is 787. The maximum Gasteiger partial charge on any atom is 0.330 e. The zero-order valence-corrected chi connectivity index (χ0v) is 15.3. The highest BCUT2D eigenvalue weighted by Crippen LogP contribution is 2.39. The Hall–Kier alpha value is -2.50. The van der Waals surface area contributed by atoms with Gasteiger partial charge in [-0.3, -0.25) is 0 Å². The van der Waals surface area contributed by atoms with Gasteiger partial charge in [-0.1, -0.05) is 48.5 Å². The standard InChI is InChI=1S/C20H21ClO5/c1-4-10-24-12-14(26-19(22)5-2)13-25-20-16-9-7-6-8-15(16)18(23-3)11-17(20)21/h4-9,11,14H,1-2,10,12-13H2,3H3. The Balaban J connectivity index is 2.22. The summed E-state index contributed by atoms with van der Waals surface area (Å²) in [6.07, 6.45) is 2.09. The highest BCUT2D eigenvalue weighted by Gasteiger charge is 2.18. The fraction of sp³-hybridized carbons (Fsp3) is 0.250. The van der Waals surface area contributed by atoms with Crippen molar-refractivity contribution in [3.8, 4) is 11.5 Å². The van der Waals surface area contributed by atoms with Gasteiger partial charge in [0.05, 0.1) is 25.3 Å². The summed E-state index contributed by atoms with van der Waals surface area (Å²) in [5, 5.41) is 2.08. The van der Waals surface area contributed by atoms with E-state index in [1.54, 1.807) is 19.3 Å². The number of hydrogen-bond acceptors (Lipinski definition) is 5. The largest absolute Gasteiger partial charge is 0.496 e. The van der Waals surface area contributed by atoms with E-state index in [1.165, 1.54) is 0 Å². The van der Waals surface area contributed by atoms with Gasteiger partial charge in [0.1, 0.15) is 18.1 Å². The van der Waals surface area contributed by atoms with Crippen molar-refractivity contribution in [1.29, 1.82) is 0 Å². The Morgan fingerprint density at radius 3 is 2.62 bits per heavy atom. The molecule has 138 valence electrons. The molecule has 0 bridgehead atoms. The lowest BCUT2D eigenvalue weighted by molar-refractivity contribution is -0.147. The molecule has 1 unspecified atom stereocenters. The Labute approximate surface area is 157 Å².